The largest absolute Gasteiger partial charge is 0.481 e. The van der Waals surface area contributed by atoms with Crippen LogP contribution in [0.3, 0.4) is 0 Å². The van der Waals surface area contributed by atoms with E-state index in [0.29, 0.717) is 29.2 Å². The van der Waals surface area contributed by atoms with Crippen molar-refractivity contribution in [1.29, 1.82) is 0 Å². The normalized spacial score (nSPS) is 11.6. The number of amides is 1. The van der Waals surface area contributed by atoms with Crippen LogP contribution in [0.15, 0.2) is 22.4 Å². The Morgan fingerprint density at radius 1 is 1.40 bits per heavy atom. The number of thiazole rings is 1. The number of nitrogens with zero attached hydrogens (tertiary/aromatic N) is 2. The van der Waals surface area contributed by atoms with Crippen molar-refractivity contribution in [2.45, 2.75) is 44.4 Å². The van der Waals surface area contributed by atoms with Gasteiger partial charge in [0.15, 0.2) is 4.96 Å². The molecule has 2 heterocycles. The number of hydrogen-bond acceptors (Lipinski definition) is 6. The summed E-state index contributed by atoms with van der Waals surface area (Å²) in [5, 5.41) is 13.7. The standard InChI is InChI=1S/C16H21N3O4S2/c1-3-16(4-2,8-14(22)23)18-12(20)10-24-9-11-7-13(21)19-5-6-25-15(19)17-11/h5-7H,3-4,8-10H2,1-2H3,(H,18,20)(H,22,23). The summed E-state index contributed by atoms with van der Waals surface area (Å²) in [4.78, 5) is 40.1. The molecule has 2 rings (SSSR count). The Kier molecular flexibility index (Phi) is 6.60. The monoisotopic (exact) mass is 383 g/mol. The average molecular weight is 383 g/mol. The van der Waals surface area contributed by atoms with Crippen LogP contribution in [0, 0.1) is 0 Å². The molecule has 2 N–H and O–H groups in total. The summed E-state index contributed by atoms with van der Waals surface area (Å²) < 4.78 is 1.48. The van der Waals surface area contributed by atoms with Gasteiger partial charge in [0.25, 0.3) is 5.56 Å². The zero-order valence-electron chi connectivity index (χ0n) is 14.2. The van der Waals surface area contributed by atoms with E-state index in [-0.39, 0.29) is 23.6 Å². The van der Waals surface area contributed by atoms with E-state index in [1.54, 1.807) is 11.6 Å². The van der Waals surface area contributed by atoms with E-state index in [2.05, 4.69) is 10.3 Å². The molecule has 0 unspecified atom stereocenters. The summed E-state index contributed by atoms with van der Waals surface area (Å²) in [5.41, 5.74) is -0.215. The van der Waals surface area contributed by atoms with Gasteiger partial charge in [0.1, 0.15) is 0 Å². The molecule has 0 bridgehead atoms. The van der Waals surface area contributed by atoms with Gasteiger partial charge in [0.05, 0.1) is 17.9 Å². The minimum absolute atomic E-state index is 0.0935. The maximum absolute atomic E-state index is 12.2. The number of carboxylic acid groups (broad SMARTS) is 1. The van der Waals surface area contributed by atoms with Crippen molar-refractivity contribution < 1.29 is 14.7 Å². The highest BCUT2D eigenvalue weighted by Gasteiger charge is 2.30. The van der Waals surface area contributed by atoms with E-state index in [1.165, 1.54) is 33.6 Å². The van der Waals surface area contributed by atoms with Crippen molar-refractivity contribution in [3.8, 4) is 0 Å². The van der Waals surface area contributed by atoms with Crippen molar-refractivity contribution in [3.63, 3.8) is 0 Å². The van der Waals surface area contributed by atoms with E-state index < -0.39 is 11.5 Å². The van der Waals surface area contributed by atoms with E-state index >= 15 is 0 Å². The van der Waals surface area contributed by atoms with Crippen molar-refractivity contribution in [1.82, 2.24) is 14.7 Å². The Balaban J connectivity index is 1.92. The van der Waals surface area contributed by atoms with Gasteiger partial charge >= 0.3 is 5.97 Å². The lowest BCUT2D eigenvalue weighted by molar-refractivity contribution is -0.139. The van der Waals surface area contributed by atoms with Crippen LogP contribution >= 0.6 is 23.1 Å². The molecule has 2 aromatic heterocycles. The molecule has 0 saturated heterocycles. The van der Waals surface area contributed by atoms with Crippen molar-refractivity contribution in [2.24, 2.45) is 0 Å². The van der Waals surface area contributed by atoms with Gasteiger partial charge in [-0.15, -0.1) is 23.1 Å². The maximum atomic E-state index is 12.2. The van der Waals surface area contributed by atoms with Crippen molar-refractivity contribution >= 4 is 39.9 Å². The van der Waals surface area contributed by atoms with Gasteiger partial charge in [-0.25, -0.2) is 4.98 Å². The number of hydrogen-bond donors (Lipinski definition) is 2. The molecule has 0 atom stereocenters. The summed E-state index contributed by atoms with van der Waals surface area (Å²) in [6.45, 7) is 3.74. The van der Waals surface area contributed by atoms with Crippen LogP contribution in [0.5, 0.6) is 0 Å². The van der Waals surface area contributed by atoms with E-state index in [9.17, 15) is 14.4 Å². The van der Waals surface area contributed by atoms with Crippen LogP contribution in [0.1, 0.15) is 38.8 Å². The number of thioether (sulfide) groups is 1. The zero-order chi connectivity index (χ0) is 18.4. The predicted octanol–water partition coefficient (Wildman–Crippen LogP) is 2.14. The second kappa shape index (κ2) is 8.48. The molecule has 0 radical (unpaired) electrons. The lowest BCUT2D eigenvalue weighted by Crippen LogP contribution is -2.49. The lowest BCUT2D eigenvalue weighted by Gasteiger charge is -2.31. The minimum Gasteiger partial charge on any atom is -0.481 e. The van der Waals surface area contributed by atoms with Crippen LogP contribution in [0.4, 0.5) is 0 Å². The number of nitrogens with one attached hydrogen (secondary N) is 1. The Morgan fingerprint density at radius 2 is 2.12 bits per heavy atom. The molecule has 0 aromatic carbocycles. The fourth-order valence-electron chi connectivity index (χ4n) is 2.55. The van der Waals surface area contributed by atoms with E-state index in [0.717, 1.165) is 0 Å². The number of fused-ring (bicyclic) bond motifs is 1. The molecule has 2 aromatic rings. The van der Waals surface area contributed by atoms with E-state index in [1.807, 2.05) is 13.8 Å². The molecular weight excluding hydrogens is 362 g/mol. The van der Waals surface area contributed by atoms with Gasteiger partial charge in [-0.1, -0.05) is 13.8 Å². The first kappa shape index (κ1) is 19.5. The third-order valence-electron chi connectivity index (χ3n) is 4.09. The number of aromatic nitrogens is 2. The number of carboxylic acids is 1. The Bertz CT molecular complexity index is 811. The highest BCUT2D eigenvalue weighted by Crippen LogP contribution is 2.20. The summed E-state index contributed by atoms with van der Waals surface area (Å²) in [5.74, 6) is -0.497. The minimum atomic E-state index is -0.925. The molecule has 0 saturated carbocycles. The number of aliphatic carboxylic acids is 1. The molecule has 1 amide bonds. The maximum Gasteiger partial charge on any atom is 0.305 e. The first-order chi connectivity index (χ1) is 11.9. The molecular formula is C16H21N3O4S2. The summed E-state index contributed by atoms with van der Waals surface area (Å²) in [6, 6.07) is 1.47. The van der Waals surface area contributed by atoms with Crippen molar-refractivity contribution in [2.75, 3.05) is 5.75 Å². The van der Waals surface area contributed by atoms with Crippen LogP contribution < -0.4 is 10.9 Å². The SMILES string of the molecule is CCC(CC)(CC(=O)O)NC(=O)CSCc1cc(=O)n2ccsc2n1. The quantitative estimate of drug-likeness (QED) is 0.688. The fourth-order valence-corrected chi connectivity index (χ4v) is 4.01. The Labute approximate surface area is 153 Å². The molecule has 0 spiro atoms. The molecule has 7 nitrogen and oxygen atoms in total. The first-order valence-corrected chi connectivity index (χ1v) is 9.99. The Morgan fingerprint density at radius 3 is 2.76 bits per heavy atom. The van der Waals surface area contributed by atoms with Crippen LogP contribution in [-0.2, 0) is 15.3 Å². The van der Waals surface area contributed by atoms with Crippen LogP contribution in [0.25, 0.3) is 4.96 Å². The van der Waals surface area contributed by atoms with Crippen LogP contribution in [0.2, 0.25) is 0 Å². The second-order valence-electron chi connectivity index (χ2n) is 5.74. The zero-order valence-corrected chi connectivity index (χ0v) is 15.8. The topological polar surface area (TPSA) is 101 Å². The lowest BCUT2D eigenvalue weighted by atomic mass is 9.89. The summed E-state index contributed by atoms with van der Waals surface area (Å²) >= 11 is 2.73. The molecule has 136 valence electrons. The average Bonchev–Trinajstić information content (AvgIpc) is 3.02. The van der Waals surface area contributed by atoms with Gasteiger partial charge in [-0.05, 0) is 12.8 Å². The summed E-state index contributed by atoms with van der Waals surface area (Å²) in [6.07, 6.45) is 2.69. The molecule has 0 fully saturated rings. The molecule has 25 heavy (non-hydrogen) atoms. The molecule has 0 aliphatic rings. The summed E-state index contributed by atoms with van der Waals surface area (Å²) in [7, 11) is 0. The number of carbonyl (C=O) groups excluding carboxylic acids is 1. The molecule has 0 aliphatic carbocycles. The highest BCUT2D eigenvalue weighted by molar-refractivity contribution is 7.99. The number of carbonyl (C=O) groups is 2. The molecule has 0 aliphatic heterocycles. The third-order valence-corrected chi connectivity index (χ3v) is 5.81. The highest BCUT2D eigenvalue weighted by atomic mass is 32.2. The van der Waals surface area contributed by atoms with Crippen molar-refractivity contribution in [3.05, 3.63) is 33.7 Å². The Hall–Kier alpha value is -1.87. The number of rotatable bonds is 9. The second-order valence-corrected chi connectivity index (χ2v) is 7.60. The first-order valence-electron chi connectivity index (χ1n) is 7.95. The van der Waals surface area contributed by atoms with Crippen LogP contribution in [-0.4, -0.2) is 37.7 Å². The smallest absolute Gasteiger partial charge is 0.305 e. The van der Waals surface area contributed by atoms with Gasteiger partial charge in [-0.2, -0.15) is 0 Å². The fraction of sp³-hybridized carbons (Fsp3) is 0.500. The van der Waals surface area contributed by atoms with Gasteiger partial charge in [0, 0.05) is 28.9 Å². The van der Waals surface area contributed by atoms with Gasteiger partial charge in [0.2, 0.25) is 5.91 Å². The van der Waals surface area contributed by atoms with Gasteiger partial charge in [-0.3, -0.25) is 18.8 Å². The molecule has 9 heteroatoms. The predicted molar refractivity (Wildman–Crippen MR) is 99.2 cm³/mol. The van der Waals surface area contributed by atoms with E-state index in [4.69, 9.17) is 5.11 Å². The third kappa shape index (κ3) is 5.05. The van der Waals surface area contributed by atoms with Gasteiger partial charge < -0.3 is 10.4 Å².